The van der Waals surface area contributed by atoms with E-state index in [9.17, 15) is 4.79 Å². The lowest BCUT2D eigenvalue weighted by Crippen LogP contribution is -2.43. The monoisotopic (exact) mass is 346 g/mol. The van der Waals surface area contributed by atoms with Crippen LogP contribution in [0.15, 0.2) is 23.0 Å². The number of piperidine rings is 1. The molecule has 1 aliphatic carbocycles. The average Bonchev–Trinajstić information content (AvgIpc) is 3.39. The van der Waals surface area contributed by atoms with Crippen molar-refractivity contribution in [3.05, 3.63) is 39.4 Å². The number of likely N-dealkylation sites (tertiary alicyclic amines) is 1. The second-order valence-corrected chi connectivity index (χ2v) is 7.51. The molecule has 24 heavy (non-hydrogen) atoms. The van der Waals surface area contributed by atoms with Crippen LogP contribution in [-0.4, -0.2) is 40.5 Å². The molecule has 128 valence electrons. The summed E-state index contributed by atoms with van der Waals surface area (Å²) in [6.45, 7) is 3.98. The molecule has 1 saturated carbocycles. The van der Waals surface area contributed by atoms with Gasteiger partial charge in [-0.2, -0.15) is 0 Å². The molecule has 1 saturated heterocycles. The molecule has 4 rings (SSSR count). The van der Waals surface area contributed by atoms with Crippen molar-refractivity contribution in [1.29, 1.82) is 0 Å². The fourth-order valence-corrected chi connectivity index (χ4v) is 3.57. The standard InChI is InChI=1S/C18H23ClN4O/c19-13-3-4-16-15(9-13)18(24)22-17(21-16)11-23-7-5-14(6-8-23)20-10-12-1-2-12/h3-4,9,12,14,20H,1-2,5-8,10-11H2,(H,21,22,24). The van der Waals surface area contributed by atoms with Gasteiger partial charge >= 0.3 is 0 Å². The highest BCUT2D eigenvalue weighted by Gasteiger charge is 2.24. The van der Waals surface area contributed by atoms with Gasteiger partial charge in [0.15, 0.2) is 0 Å². The smallest absolute Gasteiger partial charge is 0.258 e. The highest BCUT2D eigenvalue weighted by molar-refractivity contribution is 6.31. The summed E-state index contributed by atoms with van der Waals surface area (Å²) in [6, 6.07) is 5.90. The minimum Gasteiger partial charge on any atom is -0.314 e. The first kappa shape index (κ1) is 16.1. The molecule has 1 aliphatic heterocycles. The number of H-pyrrole nitrogens is 1. The molecule has 2 fully saturated rings. The molecule has 1 aromatic carbocycles. The SMILES string of the molecule is O=c1[nH]c(CN2CCC(NCC3CC3)CC2)nc2ccc(Cl)cc12. The maximum absolute atomic E-state index is 12.2. The number of hydrogen-bond donors (Lipinski definition) is 2. The number of hydrogen-bond acceptors (Lipinski definition) is 4. The van der Waals surface area contributed by atoms with Crippen molar-refractivity contribution in [2.75, 3.05) is 19.6 Å². The molecule has 0 atom stereocenters. The lowest BCUT2D eigenvalue weighted by Gasteiger charge is -2.32. The molecular weight excluding hydrogens is 324 g/mol. The van der Waals surface area contributed by atoms with Crippen LogP contribution in [0.5, 0.6) is 0 Å². The van der Waals surface area contributed by atoms with Crippen LogP contribution in [0, 0.1) is 5.92 Å². The van der Waals surface area contributed by atoms with Crippen molar-refractivity contribution in [3.63, 3.8) is 0 Å². The van der Waals surface area contributed by atoms with Crippen LogP contribution in [0.3, 0.4) is 0 Å². The molecule has 0 amide bonds. The Balaban J connectivity index is 1.38. The Morgan fingerprint density at radius 1 is 1.25 bits per heavy atom. The summed E-state index contributed by atoms with van der Waals surface area (Å²) in [7, 11) is 0. The first-order chi connectivity index (χ1) is 11.7. The summed E-state index contributed by atoms with van der Waals surface area (Å²) in [6.07, 6.45) is 5.14. The fourth-order valence-electron chi connectivity index (χ4n) is 3.40. The molecule has 2 aliphatic rings. The van der Waals surface area contributed by atoms with E-state index in [-0.39, 0.29) is 5.56 Å². The fraction of sp³-hybridized carbons (Fsp3) is 0.556. The molecule has 5 nitrogen and oxygen atoms in total. The van der Waals surface area contributed by atoms with Crippen molar-refractivity contribution < 1.29 is 0 Å². The number of halogens is 1. The van der Waals surface area contributed by atoms with E-state index in [2.05, 4.69) is 20.2 Å². The molecule has 0 radical (unpaired) electrons. The average molecular weight is 347 g/mol. The number of aromatic nitrogens is 2. The van der Waals surface area contributed by atoms with Gasteiger partial charge in [-0.25, -0.2) is 4.98 Å². The lowest BCUT2D eigenvalue weighted by molar-refractivity contribution is 0.186. The second-order valence-electron chi connectivity index (χ2n) is 7.08. The zero-order valence-corrected chi connectivity index (χ0v) is 14.5. The summed E-state index contributed by atoms with van der Waals surface area (Å²) in [5.41, 5.74) is 0.595. The quantitative estimate of drug-likeness (QED) is 0.873. The van der Waals surface area contributed by atoms with E-state index in [0.717, 1.165) is 24.8 Å². The van der Waals surface area contributed by atoms with E-state index in [4.69, 9.17) is 11.6 Å². The summed E-state index contributed by atoms with van der Waals surface area (Å²) >= 11 is 5.95. The van der Waals surface area contributed by atoms with E-state index < -0.39 is 0 Å². The van der Waals surface area contributed by atoms with Gasteiger partial charge in [0.2, 0.25) is 0 Å². The second kappa shape index (κ2) is 6.82. The molecule has 0 spiro atoms. The lowest BCUT2D eigenvalue weighted by atomic mass is 10.0. The number of benzene rings is 1. The van der Waals surface area contributed by atoms with E-state index in [1.54, 1.807) is 12.1 Å². The molecular formula is C18H23ClN4O. The third-order valence-electron chi connectivity index (χ3n) is 5.07. The van der Waals surface area contributed by atoms with Crippen molar-refractivity contribution in [2.45, 2.75) is 38.3 Å². The summed E-state index contributed by atoms with van der Waals surface area (Å²) in [5, 5.41) is 4.80. The third-order valence-corrected chi connectivity index (χ3v) is 5.30. The van der Waals surface area contributed by atoms with Gasteiger partial charge in [0, 0.05) is 24.2 Å². The Labute approximate surface area is 146 Å². The number of nitrogens with one attached hydrogen (secondary N) is 2. The molecule has 0 unspecified atom stereocenters. The number of fused-ring (bicyclic) bond motifs is 1. The van der Waals surface area contributed by atoms with E-state index in [1.807, 2.05) is 6.07 Å². The van der Waals surface area contributed by atoms with Gasteiger partial charge in [0.1, 0.15) is 5.82 Å². The molecule has 2 N–H and O–H groups in total. The Morgan fingerprint density at radius 2 is 2.04 bits per heavy atom. The van der Waals surface area contributed by atoms with E-state index in [1.165, 1.54) is 32.2 Å². The summed E-state index contributed by atoms with van der Waals surface area (Å²) in [5.74, 6) is 1.67. The first-order valence-electron chi connectivity index (χ1n) is 8.81. The highest BCUT2D eigenvalue weighted by atomic mass is 35.5. The highest BCUT2D eigenvalue weighted by Crippen LogP contribution is 2.28. The Hall–Kier alpha value is -1.43. The van der Waals surface area contributed by atoms with Gasteiger partial charge in [0.05, 0.1) is 17.4 Å². The zero-order valence-electron chi connectivity index (χ0n) is 13.7. The largest absolute Gasteiger partial charge is 0.314 e. The molecule has 1 aromatic heterocycles. The summed E-state index contributed by atoms with van der Waals surface area (Å²) in [4.78, 5) is 22.1. The van der Waals surface area contributed by atoms with Crippen LogP contribution in [0.25, 0.3) is 10.9 Å². The predicted molar refractivity (Wildman–Crippen MR) is 96.4 cm³/mol. The maximum atomic E-state index is 12.2. The van der Waals surface area contributed by atoms with Crippen LogP contribution in [0.4, 0.5) is 0 Å². The van der Waals surface area contributed by atoms with Gasteiger partial charge in [-0.3, -0.25) is 9.69 Å². The van der Waals surface area contributed by atoms with Crippen molar-refractivity contribution in [3.8, 4) is 0 Å². The number of aromatic amines is 1. The Bertz CT molecular complexity index is 778. The van der Waals surface area contributed by atoms with Gasteiger partial charge in [-0.05, 0) is 56.3 Å². The molecule has 2 aromatic rings. The van der Waals surface area contributed by atoms with Gasteiger partial charge in [0.25, 0.3) is 5.56 Å². The van der Waals surface area contributed by atoms with Crippen LogP contribution in [0.1, 0.15) is 31.5 Å². The van der Waals surface area contributed by atoms with Crippen LogP contribution < -0.4 is 10.9 Å². The van der Waals surface area contributed by atoms with Gasteiger partial charge in [-0.1, -0.05) is 11.6 Å². The molecule has 0 bridgehead atoms. The maximum Gasteiger partial charge on any atom is 0.258 e. The Kier molecular flexibility index (Phi) is 4.57. The predicted octanol–water partition coefficient (Wildman–Crippen LogP) is 2.54. The van der Waals surface area contributed by atoms with Crippen molar-refractivity contribution >= 4 is 22.5 Å². The van der Waals surface area contributed by atoms with E-state index >= 15 is 0 Å². The normalized spacial score (nSPS) is 19.9. The minimum absolute atomic E-state index is 0.113. The van der Waals surface area contributed by atoms with Gasteiger partial charge in [-0.15, -0.1) is 0 Å². The van der Waals surface area contributed by atoms with Crippen LogP contribution in [0.2, 0.25) is 5.02 Å². The van der Waals surface area contributed by atoms with Gasteiger partial charge < -0.3 is 10.3 Å². The van der Waals surface area contributed by atoms with Crippen molar-refractivity contribution in [2.24, 2.45) is 5.92 Å². The first-order valence-corrected chi connectivity index (χ1v) is 9.19. The minimum atomic E-state index is -0.113. The van der Waals surface area contributed by atoms with Crippen LogP contribution >= 0.6 is 11.6 Å². The van der Waals surface area contributed by atoms with Crippen molar-refractivity contribution in [1.82, 2.24) is 20.2 Å². The Morgan fingerprint density at radius 3 is 2.79 bits per heavy atom. The van der Waals surface area contributed by atoms with Crippen LogP contribution in [-0.2, 0) is 6.54 Å². The van der Waals surface area contributed by atoms with E-state index in [0.29, 0.717) is 28.5 Å². The summed E-state index contributed by atoms with van der Waals surface area (Å²) < 4.78 is 0. The number of nitrogens with zero attached hydrogens (tertiary/aromatic N) is 2. The topological polar surface area (TPSA) is 61.0 Å². The zero-order chi connectivity index (χ0) is 16.5. The molecule has 6 heteroatoms. The third kappa shape index (κ3) is 3.79. The number of rotatable bonds is 5. The molecule has 2 heterocycles.